The Morgan fingerprint density at radius 2 is 1.77 bits per heavy atom. The van der Waals surface area contributed by atoms with Gasteiger partial charge in [0.05, 0.1) is 5.56 Å². The Kier molecular flexibility index (Phi) is 6.41. The van der Waals surface area contributed by atoms with Gasteiger partial charge in [0, 0.05) is 17.3 Å². The zero-order valence-electron chi connectivity index (χ0n) is 21.1. The molecule has 0 bridgehead atoms. The van der Waals surface area contributed by atoms with Crippen molar-refractivity contribution in [2.24, 2.45) is 5.41 Å². The second kappa shape index (κ2) is 9.17. The smallest absolute Gasteiger partial charge is 0.346 e. The molecule has 0 saturated heterocycles. The third kappa shape index (κ3) is 5.53. The van der Waals surface area contributed by atoms with Crippen LogP contribution in [0.2, 0.25) is 0 Å². The van der Waals surface area contributed by atoms with E-state index in [9.17, 15) is 9.18 Å². The van der Waals surface area contributed by atoms with Crippen molar-refractivity contribution >= 4 is 17.4 Å². The number of benzene rings is 2. The van der Waals surface area contributed by atoms with Gasteiger partial charge < -0.3 is 10.1 Å². The minimum atomic E-state index is -0.740. The number of anilines is 1. The van der Waals surface area contributed by atoms with Crippen molar-refractivity contribution in [3.63, 3.8) is 0 Å². The van der Waals surface area contributed by atoms with Crippen LogP contribution in [0.5, 0.6) is 5.75 Å². The highest BCUT2D eigenvalue weighted by molar-refractivity contribution is 5.91. The second-order valence-electron chi connectivity index (χ2n) is 10.8. The van der Waals surface area contributed by atoms with Crippen molar-refractivity contribution in [1.29, 1.82) is 0 Å². The number of nitrogens with zero attached hydrogens (tertiary/aromatic N) is 2. The van der Waals surface area contributed by atoms with Crippen LogP contribution in [-0.2, 0) is 0 Å². The molecule has 2 heterocycles. The van der Waals surface area contributed by atoms with E-state index >= 15 is 0 Å². The number of nitrogens with one attached hydrogen (secondary N) is 1. The van der Waals surface area contributed by atoms with Gasteiger partial charge in [0.25, 0.3) is 0 Å². The maximum atomic E-state index is 14.0. The first-order chi connectivity index (χ1) is 16.4. The number of aromatic nitrogens is 2. The molecule has 2 aromatic heterocycles. The van der Waals surface area contributed by atoms with Crippen molar-refractivity contribution in [2.45, 2.75) is 53.5 Å². The molecular formula is C29H32FN3O2. The SMILES string of the molecule is Cc1cccn2c(NC(C)(C)CC(C)(C)C)c(-c3cccc(OC(=O)c4ccccc4F)c3)nc12. The van der Waals surface area contributed by atoms with Gasteiger partial charge in [0.1, 0.15) is 28.7 Å². The molecule has 0 atom stereocenters. The van der Waals surface area contributed by atoms with E-state index in [1.54, 1.807) is 24.3 Å². The topological polar surface area (TPSA) is 55.6 Å². The normalized spacial score (nSPS) is 12.1. The molecule has 0 saturated carbocycles. The summed E-state index contributed by atoms with van der Waals surface area (Å²) >= 11 is 0. The Bertz CT molecular complexity index is 1380. The van der Waals surface area contributed by atoms with Gasteiger partial charge in [0.2, 0.25) is 0 Å². The first-order valence-electron chi connectivity index (χ1n) is 11.8. The number of carbonyl (C=O) groups excluding carboxylic acids is 1. The van der Waals surface area contributed by atoms with Gasteiger partial charge in [-0.2, -0.15) is 0 Å². The molecule has 35 heavy (non-hydrogen) atoms. The lowest BCUT2D eigenvalue weighted by Gasteiger charge is -2.34. The van der Waals surface area contributed by atoms with Crippen LogP contribution in [0.1, 0.15) is 57.0 Å². The molecule has 0 aliphatic heterocycles. The monoisotopic (exact) mass is 473 g/mol. The molecule has 2 aromatic carbocycles. The lowest BCUT2D eigenvalue weighted by molar-refractivity contribution is 0.0730. The molecule has 182 valence electrons. The van der Waals surface area contributed by atoms with E-state index in [4.69, 9.17) is 9.72 Å². The second-order valence-corrected chi connectivity index (χ2v) is 10.8. The Morgan fingerprint density at radius 3 is 2.49 bits per heavy atom. The number of rotatable bonds is 6. The van der Waals surface area contributed by atoms with Crippen LogP contribution in [0.3, 0.4) is 0 Å². The lowest BCUT2D eigenvalue weighted by Crippen LogP contribution is -2.36. The predicted molar refractivity (Wildman–Crippen MR) is 138 cm³/mol. The maximum Gasteiger partial charge on any atom is 0.346 e. The zero-order chi connectivity index (χ0) is 25.4. The third-order valence-corrected chi connectivity index (χ3v) is 5.69. The van der Waals surface area contributed by atoms with E-state index in [0.29, 0.717) is 5.75 Å². The largest absolute Gasteiger partial charge is 0.423 e. The van der Waals surface area contributed by atoms with Gasteiger partial charge >= 0.3 is 5.97 Å². The molecule has 0 radical (unpaired) electrons. The fourth-order valence-electron chi connectivity index (χ4n) is 4.71. The number of carbonyl (C=O) groups is 1. The summed E-state index contributed by atoms with van der Waals surface area (Å²) < 4.78 is 21.6. The molecule has 6 heteroatoms. The molecule has 0 spiro atoms. The van der Waals surface area contributed by atoms with Crippen LogP contribution in [0, 0.1) is 18.2 Å². The minimum Gasteiger partial charge on any atom is -0.423 e. The molecule has 4 rings (SSSR count). The summed E-state index contributed by atoms with van der Waals surface area (Å²) in [6.07, 6.45) is 2.94. The maximum absolute atomic E-state index is 14.0. The summed E-state index contributed by atoms with van der Waals surface area (Å²) in [7, 11) is 0. The van der Waals surface area contributed by atoms with Gasteiger partial charge in [-0.05, 0) is 68.5 Å². The Balaban J connectivity index is 1.74. The van der Waals surface area contributed by atoms with E-state index in [-0.39, 0.29) is 16.5 Å². The van der Waals surface area contributed by atoms with E-state index in [1.165, 1.54) is 18.2 Å². The van der Waals surface area contributed by atoms with Gasteiger partial charge in [-0.15, -0.1) is 0 Å². The van der Waals surface area contributed by atoms with Crippen molar-refractivity contribution in [3.8, 4) is 17.0 Å². The highest BCUT2D eigenvalue weighted by atomic mass is 19.1. The van der Waals surface area contributed by atoms with Crippen molar-refractivity contribution in [1.82, 2.24) is 9.38 Å². The van der Waals surface area contributed by atoms with Crippen LogP contribution >= 0.6 is 0 Å². The van der Waals surface area contributed by atoms with E-state index in [1.807, 2.05) is 31.3 Å². The first kappa shape index (κ1) is 24.5. The quantitative estimate of drug-likeness (QED) is 0.236. The minimum absolute atomic E-state index is 0.104. The van der Waals surface area contributed by atoms with Crippen molar-refractivity contribution in [3.05, 3.63) is 83.8 Å². The number of ether oxygens (including phenoxy) is 1. The van der Waals surface area contributed by atoms with Gasteiger partial charge in [-0.25, -0.2) is 14.2 Å². The standard InChI is InChI=1S/C29H32FN3O2/c1-19-11-10-16-33-25(19)31-24(26(33)32-29(5,6)18-28(2,3)4)20-12-9-13-21(17-20)35-27(34)22-14-7-8-15-23(22)30/h7-17,32H,18H2,1-6H3. The average molecular weight is 474 g/mol. The Labute approximate surface area is 206 Å². The molecule has 0 unspecified atom stereocenters. The Hall–Kier alpha value is -3.67. The number of halogens is 1. The van der Waals surface area contributed by atoms with Crippen LogP contribution in [0.15, 0.2) is 66.9 Å². The number of aryl methyl sites for hydroxylation is 1. The fraction of sp³-hybridized carbons (Fsp3) is 0.310. The van der Waals surface area contributed by atoms with Gasteiger partial charge in [0.15, 0.2) is 0 Å². The third-order valence-electron chi connectivity index (χ3n) is 5.69. The van der Waals surface area contributed by atoms with Crippen LogP contribution < -0.4 is 10.1 Å². The van der Waals surface area contributed by atoms with Crippen molar-refractivity contribution in [2.75, 3.05) is 5.32 Å². The predicted octanol–water partition coefficient (Wildman–Crippen LogP) is 7.29. The summed E-state index contributed by atoms with van der Waals surface area (Å²) in [6.45, 7) is 13.1. The highest BCUT2D eigenvalue weighted by Crippen LogP contribution is 2.36. The molecule has 0 amide bonds. The first-order valence-corrected chi connectivity index (χ1v) is 11.8. The average Bonchev–Trinajstić information content (AvgIpc) is 3.11. The van der Waals surface area contributed by atoms with Crippen LogP contribution in [0.4, 0.5) is 10.2 Å². The lowest BCUT2D eigenvalue weighted by atomic mass is 9.82. The summed E-state index contributed by atoms with van der Waals surface area (Å²) in [5.74, 6) is -0.159. The summed E-state index contributed by atoms with van der Waals surface area (Å²) in [4.78, 5) is 17.5. The molecule has 1 N–H and O–H groups in total. The molecule has 0 fully saturated rings. The molecule has 5 nitrogen and oxygen atoms in total. The number of imidazole rings is 1. The highest BCUT2D eigenvalue weighted by Gasteiger charge is 2.28. The van der Waals surface area contributed by atoms with E-state index in [2.05, 4.69) is 44.3 Å². The molecule has 0 aliphatic rings. The summed E-state index contributed by atoms with van der Waals surface area (Å²) in [5, 5.41) is 3.73. The fourth-order valence-corrected chi connectivity index (χ4v) is 4.71. The summed E-state index contributed by atoms with van der Waals surface area (Å²) in [6, 6.07) is 17.0. The number of hydrogen-bond acceptors (Lipinski definition) is 4. The van der Waals surface area contributed by atoms with Crippen LogP contribution in [-0.4, -0.2) is 20.9 Å². The Morgan fingerprint density at radius 1 is 1.03 bits per heavy atom. The number of hydrogen-bond donors (Lipinski definition) is 1. The number of fused-ring (bicyclic) bond motifs is 1. The van der Waals surface area contributed by atoms with Crippen molar-refractivity contribution < 1.29 is 13.9 Å². The summed E-state index contributed by atoms with van der Waals surface area (Å²) in [5.41, 5.74) is 3.27. The number of esters is 1. The van der Waals surface area contributed by atoms with Crippen LogP contribution in [0.25, 0.3) is 16.9 Å². The van der Waals surface area contributed by atoms with Gasteiger partial charge in [-0.3, -0.25) is 4.40 Å². The molecular weight excluding hydrogens is 441 g/mol. The van der Waals surface area contributed by atoms with Gasteiger partial charge in [-0.1, -0.05) is 51.1 Å². The number of pyridine rings is 1. The van der Waals surface area contributed by atoms with E-state index < -0.39 is 11.8 Å². The molecule has 4 aromatic rings. The molecule has 0 aliphatic carbocycles. The van der Waals surface area contributed by atoms with E-state index in [0.717, 1.165) is 34.7 Å². The zero-order valence-corrected chi connectivity index (χ0v) is 21.1.